The van der Waals surface area contributed by atoms with Crippen molar-refractivity contribution in [2.45, 2.75) is 44.1 Å². The van der Waals surface area contributed by atoms with Crippen LogP contribution in [-0.2, 0) is 0 Å². The zero-order chi connectivity index (χ0) is 17.1. The lowest BCUT2D eigenvalue weighted by Crippen LogP contribution is -2.34. The maximum absolute atomic E-state index is 10.7. The zero-order valence-corrected chi connectivity index (χ0v) is 14.0. The van der Waals surface area contributed by atoms with E-state index in [0.717, 1.165) is 22.4 Å². The van der Waals surface area contributed by atoms with E-state index in [-0.39, 0.29) is 0 Å². The van der Waals surface area contributed by atoms with Gasteiger partial charge in [-0.3, -0.25) is 0 Å². The Hall–Kier alpha value is -2.37. The molecule has 1 aliphatic heterocycles. The van der Waals surface area contributed by atoms with Gasteiger partial charge in [-0.15, -0.1) is 0 Å². The van der Waals surface area contributed by atoms with E-state index >= 15 is 0 Å². The second-order valence-electron chi connectivity index (χ2n) is 7.00. The van der Waals surface area contributed by atoms with Gasteiger partial charge < -0.3 is 19.5 Å². The van der Waals surface area contributed by atoms with Gasteiger partial charge in [0.2, 0.25) is 0 Å². The summed E-state index contributed by atoms with van der Waals surface area (Å²) >= 11 is 0. The number of ether oxygens (including phenoxy) is 1. The van der Waals surface area contributed by atoms with E-state index in [2.05, 4.69) is 4.57 Å². The van der Waals surface area contributed by atoms with E-state index in [4.69, 9.17) is 9.72 Å². The summed E-state index contributed by atoms with van der Waals surface area (Å²) in [6.45, 7) is 2.01. The fourth-order valence-electron chi connectivity index (χ4n) is 3.87. The molecule has 2 aliphatic rings. The Morgan fingerprint density at radius 3 is 2.56 bits per heavy atom. The van der Waals surface area contributed by atoms with Crippen molar-refractivity contribution >= 4 is 11.0 Å². The highest BCUT2D eigenvalue weighted by Crippen LogP contribution is 2.46. The molecule has 0 amide bonds. The third-order valence-corrected chi connectivity index (χ3v) is 5.26. The van der Waals surface area contributed by atoms with E-state index in [0.29, 0.717) is 17.4 Å². The molecule has 2 N–H and O–H groups in total. The van der Waals surface area contributed by atoms with Crippen molar-refractivity contribution in [3.05, 3.63) is 59.4 Å². The molecule has 1 fully saturated rings. The lowest BCUT2D eigenvalue weighted by Gasteiger charge is -2.34. The number of aryl methyl sites for hydroxylation is 1. The van der Waals surface area contributed by atoms with Crippen molar-refractivity contribution in [1.82, 2.24) is 9.55 Å². The Morgan fingerprint density at radius 2 is 1.84 bits per heavy atom. The molecule has 0 bridgehead atoms. The van der Waals surface area contributed by atoms with E-state index in [1.807, 2.05) is 49.4 Å². The molecular formula is C20H20N2O3. The average molecular weight is 336 g/mol. The Morgan fingerprint density at radius 1 is 1.08 bits per heavy atom. The summed E-state index contributed by atoms with van der Waals surface area (Å²) in [4.78, 5) is 4.72. The maximum Gasteiger partial charge on any atom is 0.154 e. The van der Waals surface area contributed by atoms with Gasteiger partial charge in [0.15, 0.2) is 11.9 Å². The fourth-order valence-corrected chi connectivity index (χ4v) is 3.87. The SMILES string of the molecule is Cc1nc2c3c(ccc2n1C1CC1)C(O)C(O)C(c1ccccc1)O3. The summed E-state index contributed by atoms with van der Waals surface area (Å²) in [5, 5.41) is 21.2. The highest BCUT2D eigenvalue weighted by atomic mass is 16.5. The molecule has 3 unspecified atom stereocenters. The first kappa shape index (κ1) is 14.9. The molecule has 3 aromatic rings. The Balaban J connectivity index is 1.68. The number of imidazole rings is 1. The van der Waals surface area contributed by atoms with Crippen molar-refractivity contribution in [2.24, 2.45) is 0 Å². The van der Waals surface area contributed by atoms with Gasteiger partial charge in [-0.05, 0) is 31.4 Å². The molecule has 1 aliphatic carbocycles. The number of fused-ring (bicyclic) bond motifs is 3. The van der Waals surface area contributed by atoms with Crippen molar-refractivity contribution < 1.29 is 14.9 Å². The number of hydrogen-bond acceptors (Lipinski definition) is 4. The zero-order valence-electron chi connectivity index (χ0n) is 14.0. The number of aliphatic hydroxyl groups is 2. The second-order valence-corrected chi connectivity index (χ2v) is 7.00. The largest absolute Gasteiger partial charge is 0.480 e. The third-order valence-electron chi connectivity index (χ3n) is 5.26. The van der Waals surface area contributed by atoms with Gasteiger partial charge in [0.25, 0.3) is 0 Å². The van der Waals surface area contributed by atoms with Crippen LogP contribution in [0.15, 0.2) is 42.5 Å². The molecule has 1 saturated carbocycles. The molecule has 0 radical (unpaired) electrons. The first-order valence-electron chi connectivity index (χ1n) is 8.74. The van der Waals surface area contributed by atoms with Crippen LogP contribution in [0.4, 0.5) is 0 Å². The molecule has 25 heavy (non-hydrogen) atoms. The highest BCUT2D eigenvalue weighted by Gasteiger charge is 2.39. The molecule has 5 rings (SSSR count). The molecular weight excluding hydrogens is 316 g/mol. The third kappa shape index (κ3) is 2.19. The highest BCUT2D eigenvalue weighted by molar-refractivity contribution is 5.85. The molecule has 0 saturated heterocycles. The molecule has 2 aromatic carbocycles. The lowest BCUT2D eigenvalue weighted by atomic mass is 9.92. The second kappa shape index (κ2) is 5.31. The predicted octanol–water partition coefficient (Wildman–Crippen LogP) is 3.21. The van der Waals surface area contributed by atoms with Crippen molar-refractivity contribution in [3.8, 4) is 5.75 Å². The Labute approximate surface area is 145 Å². The van der Waals surface area contributed by atoms with Gasteiger partial charge in [-0.25, -0.2) is 4.98 Å². The van der Waals surface area contributed by atoms with Crippen LogP contribution in [0.2, 0.25) is 0 Å². The van der Waals surface area contributed by atoms with E-state index in [1.165, 1.54) is 12.8 Å². The molecule has 1 aromatic heterocycles. The molecule has 3 atom stereocenters. The number of nitrogens with zero attached hydrogens (tertiary/aromatic N) is 2. The van der Waals surface area contributed by atoms with Crippen LogP contribution in [0.1, 0.15) is 48.0 Å². The molecule has 2 heterocycles. The Kier molecular flexibility index (Phi) is 3.17. The fraction of sp³-hybridized carbons (Fsp3) is 0.350. The standard InChI is InChI=1S/C20H20N2O3/c1-11-21-16-15(22(11)13-7-8-13)10-9-14-17(23)18(24)19(25-20(14)16)12-5-3-2-4-6-12/h2-6,9-10,13,17-19,23-24H,7-8H2,1H3. The number of aromatic nitrogens is 2. The number of benzene rings is 2. The van der Waals surface area contributed by atoms with Crippen LogP contribution in [-0.4, -0.2) is 25.9 Å². The monoisotopic (exact) mass is 336 g/mol. The van der Waals surface area contributed by atoms with Crippen LogP contribution in [0.5, 0.6) is 5.75 Å². The minimum Gasteiger partial charge on any atom is -0.480 e. The minimum absolute atomic E-state index is 0.520. The molecule has 5 nitrogen and oxygen atoms in total. The first-order chi connectivity index (χ1) is 12.1. The summed E-state index contributed by atoms with van der Waals surface area (Å²) < 4.78 is 8.45. The van der Waals surface area contributed by atoms with Crippen molar-refractivity contribution in [1.29, 1.82) is 0 Å². The van der Waals surface area contributed by atoms with E-state index < -0.39 is 18.3 Å². The summed E-state index contributed by atoms with van der Waals surface area (Å²) in [5.41, 5.74) is 3.26. The molecule has 128 valence electrons. The van der Waals surface area contributed by atoms with Gasteiger partial charge in [0.1, 0.15) is 23.5 Å². The van der Waals surface area contributed by atoms with Crippen LogP contribution in [0.25, 0.3) is 11.0 Å². The van der Waals surface area contributed by atoms with Crippen LogP contribution in [0.3, 0.4) is 0 Å². The van der Waals surface area contributed by atoms with Gasteiger partial charge in [-0.1, -0.05) is 36.4 Å². The van der Waals surface area contributed by atoms with Gasteiger partial charge in [-0.2, -0.15) is 0 Å². The predicted molar refractivity (Wildman–Crippen MR) is 93.5 cm³/mol. The Bertz CT molecular complexity index is 946. The smallest absolute Gasteiger partial charge is 0.154 e. The van der Waals surface area contributed by atoms with Gasteiger partial charge in [0.05, 0.1) is 5.52 Å². The van der Waals surface area contributed by atoms with Crippen LogP contribution in [0, 0.1) is 6.92 Å². The normalized spacial score (nSPS) is 25.6. The van der Waals surface area contributed by atoms with Crippen molar-refractivity contribution in [3.63, 3.8) is 0 Å². The van der Waals surface area contributed by atoms with E-state index in [9.17, 15) is 10.2 Å². The van der Waals surface area contributed by atoms with Crippen LogP contribution < -0.4 is 4.74 Å². The number of hydrogen-bond donors (Lipinski definition) is 2. The quantitative estimate of drug-likeness (QED) is 0.754. The van der Waals surface area contributed by atoms with Crippen molar-refractivity contribution in [2.75, 3.05) is 0 Å². The van der Waals surface area contributed by atoms with Gasteiger partial charge >= 0.3 is 0 Å². The molecule has 5 heteroatoms. The van der Waals surface area contributed by atoms with Crippen LogP contribution >= 0.6 is 0 Å². The summed E-state index contributed by atoms with van der Waals surface area (Å²) in [6.07, 6.45) is -0.263. The summed E-state index contributed by atoms with van der Waals surface area (Å²) in [5.74, 6) is 1.55. The topological polar surface area (TPSA) is 67.5 Å². The molecule has 0 spiro atoms. The van der Waals surface area contributed by atoms with Gasteiger partial charge in [0, 0.05) is 11.6 Å². The summed E-state index contributed by atoms with van der Waals surface area (Å²) in [7, 11) is 0. The maximum atomic E-state index is 10.7. The van der Waals surface area contributed by atoms with E-state index in [1.54, 1.807) is 0 Å². The summed E-state index contributed by atoms with van der Waals surface area (Å²) in [6, 6.07) is 13.9. The minimum atomic E-state index is -1.01. The number of aliphatic hydroxyl groups excluding tert-OH is 2. The first-order valence-corrected chi connectivity index (χ1v) is 8.74. The average Bonchev–Trinajstić information content (AvgIpc) is 3.40. The lowest BCUT2D eigenvalue weighted by molar-refractivity contribution is -0.0692. The number of rotatable bonds is 2.